The Balaban J connectivity index is 2.54. The van der Waals surface area contributed by atoms with Crippen LogP contribution in [0.4, 0.5) is 0 Å². The van der Waals surface area contributed by atoms with Crippen molar-refractivity contribution in [1.29, 1.82) is 0 Å². The van der Waals surface area contributed by atoms with Crippen LogP contribution in [-0.4, -0.2) is 10.2 Å². The molecule has 2 aromatic carbocycles. The molecule has 0 aliphatic heterocycles. The summed E-state index contributed by atoms with van der Waals surface area (Å²) in [4.78, 5) is 0. The van der Waals surface area contributed by atoms with Gasteiger partial charge in [-0.05, 0) is 58.4 Å². The first-order chi connectivity index (χ1) is 9.32. The minimum Gasteiger partial charge on any atom is -0.508 e. The van der Waals surface area contributed by atoms with Gasteiger partial charge in [-0.15, -0.1) is 0 Å². The molecular weight excluding hydrogens is 248 g/mol. The van der Waals surface area contributed by atoms with Gasteiger partial charge in [0.05, 0.1) is 0 Å². The highest BCUT2D eigenvalue weighted by Crippen LogP contribution is 2.35. The lowest BCUT2D eigenvalue weighted by molar-refractivity contribution is 0.447. The van der Waals surface area contributed by atoms with Crippen LogP contribution in [0.5, 0.6) is 11.5 Å². The first-order valence-electron chi connectivity index (χ1n) is 6.98. The van der Waals surface area contributed by atoms with Crippen LogP contribution in [0.2, 0.25) is 0 Å². The highest BCUT2D eigenvalue weighted by atomic mass is 16.3. The highest BCUT2D eigenvalue weighted by Gasteiger charge is 2.18. The summed E-state index contributed by atoms with van der Waals surface area (Å²) in [5.74, 6) is 0.668. The Hall–Kier alpha value is -1.96. The fraction of sp³-hybridized carbons (Fsp3) is 0.333. The summed E-state index contributed by atoms with van der Waals surface area (Å²) in [7, 11) is 0. The molecule has 20 heavy (non-hydrogen) atoms. The van der Waals surface area contributed by atoms with Gasteiger partial charge < -0.3 is 10.2 Å². The molecule has 0 radical (unpaired) electrons. The molecule has 106 valence electrons. The molecule has 0 fully saturated rings. The fourth-order valence-electron chi connectivity index (χ4n) is 2.36. The van der Waals surface area contributed by atoms with Crippen LogP contribution in [0.25, 0.3) is 11.1 Å². The molecule has 2 heteroatoms. The number of phenols is 2. The van der Waals surface area contributed by atoms with Crippen LogP contribution in [0.15, 0.2) is 36.4 Å². The van der Waals surface area contributed by atoms with Gasteiger partial charge in [0.25, 0.3) is 0 Å². The predicted octanol–water partition coefficient (Wildman–Crippen LogP) is 4.62. The van der Waals surface area contributed by atoms with E-state index in [1.807, 2.05) is 31.2 Å². The molecule has 0 saturated heterocycles. The molecule has 0 spiro atoms. The monoisotopic (exact) mass is 270 g/mol. The quantitative estimate of drug-likeness (QED) is 0.835. The Kier molecular flexibility index (Phi) is 3.76. The summed E-state index contributed by atoms with van der Waals surface area (Å²) in [6.45, 7) is 8.27. The third-order valence-electron chi connectivity index (χ3n) is 3.60. The topological polar surface area (TPSA) is 40.5 Å². The van der Waals surface area contributed by atoms with Gasteiger partial charge in [-0.2, -0.15) is 0 Å². The van der Waals surface area contributed by atoms with E-state index in [4.69, 9.17) is 0 Å². The second-order valence-corrected chi connectivity index (χ2v) is 6.18. The molecule has 0 atom stereocenters. The van der Waals surface area contributed by atoms with Crippen molar-refractivity contribution in [2.75, 3.05) is 0 Å². The van der Waals surface area contributed by atoms with Crippen molar-refractivity contribution < 1.29 is 10.2 Å². The standard InChI is InChI=1S/C18H22O2/c1-5-12-10-13(6-8-16(12)19)14-7-9-17(20)15(11-14)18(2,3)4/h6-11,19-20H,5H2,1-4H3. The second kappa shape index (κ2) is 5.20. The van der Waals surface area contributed by atoms with E-state index in [0.717, 1.165) is 28.7 Å². The molecule has 0 bridgehead atoms. The van der Waals surface area contributed by atoms with Crippen molar-refractivity contribution in [2.24, 2.45) is 0 Å². The summed E-state index contributed by atoms with van der Waals surface area (Å²) >= 11 is 0. The third-order valence-corrected chi connectivity index (χ3v) is 3.60. The molecule has 0 amide bonds. The summed E-state index contributed by atoms with van der Waals surface area (Å²) in [5, 5.41) is 19.8. The SMILES string of the molecule is CCc1cc(-c2ccc(O)c(C(C)(C)C)c2)ccc1O. The van der Waals surface area contributed by atoms with Gasteiger partial charge in [0, 0.05) is 0 Å². The van der Waals surface area contributed by atoms with Crippen molar-refractivity contribution in [3.05, 3.63) is 47.5 Å². The number of hydrogen-bond acceptors (Lipinski definition) is 2. The minimum absolute atomic E-state index is 0.107. The zero-order valence-corrected chi connectivity index (χ0v) is 12.6. The number of benzene rings is 2. The predicted molar refractivity (Wildman–Crippen MR) is 83.3 cm³/mol. The maximum atomic E-state index is 10.0. The number of aryl methyl sites for hydroxylation is 1. The Morgan fingerprint density at radius 3 is 1.95 bits per heavy atom. The van der Waals surface area contributed by atoms with Gasteiger partial charge >= 0.3 is 0 Å². The van der Waals surface area contributed by atoms with E-state index in [1.54, 1.807) is 12.1 Å². The summed E-state index contributed by atoms with van der Waals surface area (Å²) in [5.41, 5.74) is 3.88. The Labute approximate surface area is 120 Å². The highest BCUT2D eigenvalue weighted by molar-refractivity contribution is 5.68. The van der Waals surface area contributed by atoms with Crippen LogP contribution in [0.3, 0.4) is 0 Å². The average molecular weight is 270 g/mol. The lowest BCUT2D eigenvalue weighted by Gasteiger charge is -2.21. The van der Waals surface area contributed by atoms with Gasteiger partial charge in [0.1, 0.15) is 11.5 Å². The van der Waals surface area contributed by atoms with Crippen molar-refractivity contribution in [3.63, 3.8) is 0 Å². The summed E-state index contributed by atoms with van der Waals surface area (Å²) in [6.07, 6.45) is 0.796. The minimum atomic E-state index is -0.107. The normalized spacial score (nSPS) is 11.6. The van der Waals surface area contributed by atoms with E-state index in [0.29, 0.717) is 11.5 Å². The third kappa shape index (κ3) is 2.79. The molecule has 2 rings (SSSR count). The van der Waals surface area contributed by atoms with Crippen LogP contribution < -0.4 is 0 Å². The molecule has 0 heterocycles. The van der Waals surface area contributed by atoms with Crippen molar-refractivity contribution in [3.8, 4) is 22.6 Å². The maximum Gasteiger partial charge on any atom is 0.119 e. The molecule has 0 aliphatic carbocycles. The molecule has 0 aliphatic rings. The van der Waals surface area contributed by atoms with E-state index in [-0.39, 0.29) is 5.41 Å². The van der Waals surface area contributed by atoms with E-state index in [9.17, 15) is 10.2 Å². The number of aromatic hydroxyl groups is 2. The van der Waals surface area contributed by atoms with Crippen LogP contribution in [0.1, 0.15) is 38.8 Å². The second-order valence-electron chi connectivity index (χ2n) is 6.18. The molecule has 2 nitrogen and oxygen atoms in total. The fourth-order valence-corrected chi connectivity index (χ4v) is 2.36. The van der Waals surface area contributed by atoms with E-state index in [1.165, 1.54) is 0 Å². The Bertz CT molecular complexity index is 622. The first-order valence-corrected chi connectivity index (χ1v) is 6.98. The number of phenolic OH excluding ortho intramolecular Hbond substituents is 2. The number of hydrogen-bond donors (Lipinski definition) is 2. The molecular formula is C18H22O2. The van der Waals surface area contributed by atoms with Crippen LogP contribution in [0, 0.1) is 0 Å². The zero-order valence-electron chi connectivity index (χ0n) is 12.6. The maximum absolute atomic E-state index is 10.0. The number of rotatable bonds is 2. The lowest BCUT2D eigenvalue weighted by atomic mass is 9.84. The van der Waals surface area contributed by atoms with E-state index < -0.39 is 0 Å². The van der Waals surface area contributed by atoms with Crippen molar-refractivity contribution in [2.45, 2.75) is 39.5 Å². The summed E-state index contributed by atoms with van der Waals surface area (Å²) < 4.78 is 0. The van der Waals surface area contributed by atoms with E-state index >= 15 is 0 Å². The molecule has 2 N–H and O–H groups in total. The molecule has 0 aromatic heterocycles. The van der Waals surface area contributed by atoms with Crippen LogP contribution in [-0.2, 0) is 11.8 Å². The lowest BCUT2D eigenvalue weighted by Crippen LogP contribution is -2.11. The first kappa shape index (κ1) is 14.4. The van der Waals surface area contributed by atoms with Gasteiger partial charge in [-0.3, -0.25) is 0 Å². The smallest absolute Gasteiger partial charge is 0.119 e. The van der Waals surface area contributed by atoms with Crippen LogP contribution >= 0.6 is 0 Å². The van der Waals surface area contributed by atoms with Gasteiger partial charge in [-0.25, -0.2) is 0 Å². The van der Waals surface area contributed by atoms with E-state index in [2.05, 4.69) is 20.8 Å². The Morgan fingerprint density at radius 2 is 1.40 bits per heavy atom. The largest absolute Gasteiger partial charge is 0.508 e. The summed E-state index contributed by atoms with van der Waals surface area (Å²) in [6, 6.07) is 11.3. The zero-order chi connectivity index (χ0) is 14.9. The Morgan fingerprint density at radius 1 is 0.850 bits per heavy atom. The molecule has 0 saturated carbocycles. The van der Waals surface area contributed by atoms with Crippen molar-refractivity contribution in [1.82, 2.24) is 0 Å². The van der Waals surface area contributed by atoms with Crippen molar-refractivity contribution >= 4 is 0 Å². The molecule has 0 unspecified atom stereocenters. The van der Waals surface area contributed by atoms with Gasteiger partial charge in [0.2, 0.25) is 0 Å². The van der Waals surface area contributed by atoms with Gasteiger partial charge in [0.15, 0.2) is 0 Å². The average Bonchev–Trinajstić information content (AvgIpc) is 2.38. The molecule has 2 aromatic rings. The van der Waals surface area contributed by atoms with Gasteiger partial charge in [-0.1, -0.05) is 39.8 Å².